The fourth-order valence-corrected chi connectivity index (χ4v) is 2.60. The van der Waals surface area contributed by atoms with Gasteiger partial charge in [0.1, 0.15) is 0 Å². The van der Waals surface area contributed by atoms with E-state index in [-0.39, 0.29) is 5.02 Å². The summed E-state index contributed by atoms with van der Waals surface area (Å²) in [5, 5.41) is 5.03. The maximum Gasteiger partial charge on any atom is 0.331 e. The topological polar surface area (TPSA) is 55.4 Å². The van der Waals surface area contributed by atoms with E-state index in [4.69, 9.17) is 27.9 Å². The summed E-state index contributed by atoms with van der Waals surface area (Å²) >= 11 is 13.4. The number of thiophene rings is 1. The molecule has 0 spiro atoms. The lowest BCUT2D eigenvalue weighted by Crippen LogP contribution is -2.29. The number of hydrogen-bond acceptors (Lipinski definition) is 4. The fraction of sp³-hybridized carbons (Fsp3) is 0.125. The van der Waals surface area contributed by atoms with E-state index in [1.807, 2.05) is 17.5 Å². The summed E-state index contributed by atoms with van der Waals surface area (Å²) in [4.78, 5) is 24.6. The van der Waals surface area contributed by atoms with Crippen molar-refractivity contribution in [2.45, 2.75) is 13.0 Å². The summed E-state index contributed by atoms with van der Waals surface area (Å²) < 4.78 is 5.04. The number of benzene rings is 1. The van der Waals surface area contributed by atoms with Gasteiger partial charge in [-0.3, -0.25) is 4.79 Å². The third-order valence-electron chi connectivity index (χ3n) is 2.80. The van der Waals surface area contributed by atoms with Gasteiger partial charge in [0.25, 0.3) is 5.91 Å². The van der Waals surface area contributed by atoms with Crippen LogP contribution in [0.4, 0.5) is 5.69 Å². The highest BCUT2D eigenvalue weighted by molar-refractivity contribution is 7.10. The smallest absolute Gasteiger partial charge is 0.331 e. The van der Waals surface area contributed by atoms with Gasteiger partial charge in [-0.05, 0) is 36.6 Å². The molecule has 0 saturated heterocycles. The van der Waals surface area contributed by atoms with Crippen LogP contribution in [0.2, 0.25) is 10.0 Å². The standard InChI is InChI=1S/C16H13Cl2NO3S/c1-10(22-14(20)8-7-11-4-3-9-23-11)16(21)19-13-6-2-5-12(17)15(13)18/h2-10H,1H3,(H,19,21)/b8-7+/t10-/m0/s1. The molecule has 1 aromatic heterocycles. The number of rotatable bonds is 5. The van der Waals surface area contributed by atoms with Crippen molar-refractivity contribution in [3.63, 3.8) is 0 Å². The molecule has 1 N–H and O–H groups in total. The molecule has 2 aromatic rings. The highest BCUT2D eigenvalue weighted by atomic mass is 35.5. The van der Waals surface area contributed by atoms with Crippen LogP contribution in [0.15, 0.2) is 41.8 Å². The third kappa shape index (κ3) is 5.10. The Balaban J connectivity index is 1.92. The Labute approximate surface area is 147 Å². The SMILES string of the molecule is C[C@H](OC(=O)/C=C/c1cccs1)C(=O)Nc1cccc(Cl)c1Cl. The molecular formula is C16H13Cl2NO3S. The molecule has 2 rings (SSSR count). The average molecular weight is 370 g/mol. The van der Waals surface area contributed by atoms with Crippen molar-refractivity contribution in [2.24, 2.45) is 0 Å². The first-order valence-electron chi connectivity index (χ1n) is 6.64. The zero-order chi connectivity index (χ0) is 16.8. The van der Waals surface area contributed by atoms with Crippen LogP contribution in [0.1, 0.15) is 11.8 Å². The van der Waals surface area contributed by atoms with Gasteiger partial charge in [-0.2, -0.15) is 0 Å². The second-order valence-corrected chi connectivity index (χ2v) is 6.28. The lowest BCUT2D eigenvalue weighted by atomic mass is 10.3. The molecule has 7 heteroatoms. The highest BCUT2D eigenvalue weighted by Gasteiger charge is 2.18. The Kier molecular flexibility index (Phi) is 6.21. The monoisotopic (exact) mass is 369 g/mol. The molecule has 1 amide bonds. The fourth-order valence-electron chi connectivity index (χ4n) is 1.64. The Bertz CT molecular complexity index is 729. The van der Waals surface area contributed by atoms with E-state index in [9.17, 15) is 9.59 Å². The second kappa shape index (κ2) is 8.15. The van der Waals surface area contributed by atoms with Crippen LogP contribution in [-0.4, -0.2) is 18.0 Å². The molecule has 23 heavy (non-hydrogen) atoms. The molecule has 0 radical (unpaired) electrons. The van der Waals surface area contributed by atoms with Crippen LogP contribution in [0.3, 0.4) is 0 Å². The van der Waals surface area contributed by atoms with Gasteiger partial charge in [0.05, 0.1) is 15.7 Å². The van der Waals surface area contributed by atoms with Crippen molar-refractivity contribution in [1.82, 2.24) is 0 Å². The quantitative estimate of drug-likeness (QED) is 0.616. The number of hydrogen-bond donors (Lipinski definition) is 1. The third-order valence-corrected chi connectivity index (χ3v) is 4.45. The molecular weight excluding hydrogens is 357 g/mol. The molecule has 0 unspecified atom stereocenters. The summed E-state index contributed by atoms with van der Waals surface area (Å²) in [5.41, 5.74) is 0.362. The lowest BCUT2D eigenvalue weighted by Gasteiger charge is -2.13. The molecule has 0 saturated carbocycles. The Morgan fingerprint density at radius 3 is 2.74 bits per heavy atom. The van der Waals surface area contributed by atoms with Crippen molar-refractivity contribution >= 4 is 58.2 Å². The Hall–Kier alpha value is -1.82. The van der Waals surface area contributed by atoms with E-state index >= 15 is 0 Å². The van der Waals surface area contributed by atoms with Gasteiger partial charge in [-0.15, -0.1) is 11.3 Å². The molecule has 0 aliphatic heterocycles. The van der Waals surface area contributed by atoms with Crippen LogP contribution >= 0.6 is 34.5 Å². The molecule has 1 atom stereocenters. The maximum atomic E-state index is 12.0. The van der Waals surface area contributed by atoms with Gasteiger partial charge in [0, 0.05) is 11.0 Å². The maximum absolute atomic E-state index is 12.0. The van der Waals surface area contributed by atoms with Gasteiger partial charge in [0.15, 0.2) is 6.10 Å². The van der Waals surface area contributed by atoms with Crippen LogP contribution in [-0.2, 0) is 14.3 Å². The van der Waals surface area contributed by atoms with E-state index in [0.717, 1.165) is 4.88 Å². The number of nitrogens with one attached hydrogen (secondary N) is 1. The zero-order valence-electron chi connectivity index (χ0n) is 12.1. The number of ether oxygens (including phenoxy) is 1. The molecule has 0 bridgehead atoms. The number of carbonyl (C=O) groups is 2. The first kappa shape index (κ1) is 17.5. The minimum Gasteiger partial charge on any atom is -0.449 e. The van der Waals surface area contributed by atoms with E-state index in [1.165, 1.54) is 24.3 Å². The van der Waals surface area contributed by atoms with Crippen molar-refractivity contribution < 1.29 is 14.3 Å². The molecule has 120 valence electrons. The van der Waals surface area contributed by atoms with E-state index in [0.29, 0.717) is 10.7 Å². The van der Waals surface area contributed by atoms with E-state index < -0.39 is 18.0 Å². The number of halogens is 2. The Morgan fingerprint density at radius 2 is 2.04 bits per heavy atom. The largest absolute Gasteiger partial charge is 0.449 e. The highest BCUT2D eigenvalue weighted by Crippen LogP contribution is 2.29. The normalized spacial score (nSPS) is 12.1. The summed E-state index contributed by atoms with van der Waals surface area (Å²) in [6, 6.07) is 8.62. The lowest BCUT2D eigenvalue weighted by molar-refractivity contribution is -0.148. The minimum absolute atomic E-state index is 0.235. The zero-order valence-corrected chi connectivity index (χ0v) is 14.4. The van der Waals surface area contributed by atoms with Crippen LogP contribution in [0.5, 0.6) is 0 Å². The van der Waals surface area contributed by atoms with Crippen LogP contribution in [0, 0.1) is 0 Å². The predicted octanol–water partition coefficient (Wildman–Crippen LogP) is 4.64. The predicted molar refractivity (Wildman–Crippen MR) is 94.0 cm³/mol. The first-order valence-corrected chi connectivity index (χ1v) is 8.28. The number of carbonyl (C=O) groups excluding carboxylic acids is 2. The van der Waals surface area contributed by atoms with Gasteiger partial charge >= 0.3 is 5.97 Å². The summed E-state index contributed by atoms with van der Waals surface area (Å²) in [5.74, 6) is -1.09. The number of amides is 1. The molecule has 0 fully saturated rings. The summed E-state index contributed by atoms with van der Waals surface area (Å²) in [7, 11) is 0. The minimum atomic E-state index is -0.967. The Morgan fingerprint density at radius 1 is 1.26 bits per heavy atom. The molecule has 0 aliphatic rings. The average Bonchev–Trinajstić information content (AvgIpc) is 3.03. The molecule has 1 heterocycles. The van der Waals surface area contributed by atoms with Crippen molar-refractivity contribution in [3.8, 4) is 0 Å². The van der Waals surface area contributed by atoms with Gasteiger partial charge in [0.2, 0.25) is 0 Å². The number of anilines is 1. The summed E-state index contributed by atoms with van der Waals surface area (Å²) in [6.07, 6.45) is 1.94. The van der Waals surface area contributed by atoms with Gasteiger partial charge in [-0.1, -0.05) is 35.3 Å². The number of esters is 1. The summed E-state index contributed by atoms with van der Waals surface area (Å²) in [6.45, 7) is 1.48. The molecule has 1 aromatic carbocycles. The van der Waals surface area contributed by atoms with Gasteiger partial charge < -0.3 is 10.1 Å². The van der Waals surface area contributed by atoms with E-state index in [2.05, 4.69) is 5.32 Å². The first-order chi connectivity index (χ1) is 11.0. The molecule has 0 aliphatic carbocycles. The van der Waals surface area contributed by atoms with Crippen molar-refractivity contribution in [2.75, 3.05) is 5.32 Å². The van der Waals surface area contributed by atoms with Crippen molar-refractivity contribution in [3.05, 3.63) is 56.7 Å². The van der Waals surface area contributed by atoms with Gasteiger partial charge in [-0.25, -0.2) is 4.79 Å². The second-order valence-electron chi connectivity index (χ2n) is 4.52. The van der Waals surface area contributed by atoms with Crippen LogP contribution in [0.25, 0.3) is 6.08 Å². The van der Waals surface area contributed by atoms with Crippen molar-refractivity contribution in [1.29, 1.82) is 0 Å². The molecule has 4 nitrogen and oxygen atoms in total. The van der Waals surface area contributed by atoms with E-state index in [1.54, 1.807) is 24.3 Å². The van der Waals surface area contributed by atoms with Crippen LogP contribution < -0.4 is 5.32 Å².